The topological polar surface area (TPSA) is 66.6 Å². The average molecular weight is 216 g/mol. The number of hydrogen-bond donors (Lipinski definition) is 2. The summed E-state index contributed by atoms with van der Waals surface area (Å²) in [6.45, 7) is 7.53. The molecule has 0 aromatic heterocycles. The van der Waals surface area contributed by atoms with Crippen molar-refractivity contribution in [1.29, 1.82) is 0 Å². The van der Waals surface area contributed by atoms with Gasteiger partial charge in [0, 0.05) is 7.05 Å². The minimum absolute atomic E-state index is 0.0670. The fourth-order valence-corrected chi connectivity index (χ4v) is 1.13. The molecule has 90 valence electrons. The largest absolute Gasteiger partial charge is 0.394 e. The van der Waals surface area contributed by atoms with Gasteiger partial charge in [0.05, 0.1) is 18.2 Å². The first-order chi connectivity index (χ1) is 6.77. The van der Waals surface area contributed by atoms with Crippen LogP contribution in [0.25, 0.3) is 0 Å². The van der Waals surface area contributed by atoms with Gasteiger partial charge in [-0.1, -0.05) is 20.3 Å². The predicted molar refractivity (Wildman–Crippen MR) is 61.4 cm³/mol. The van der Waals surface area contributed by atoms with Crippen LogP contribution in [0.2, 0.25) is 0 Å². The first-order valence-corrected chi connectivity index (χ1v) is 5.42. The molecule has 0 aliphatic heterocycles. The molecule has 0 aliphatic carbocycles. The van der Waals surface area contributed by atoms with Crippen LogP contribution in [0, 0.1) is 5.92 Å². The number of hydrogen-bond acceptors (Lipinski definition) is 3. The van der Waals surface area contributed by atoms with Crippen LogP contribution in [0.4, 0.5) is 0 Å². The molecule has 3 N–H and O–H groups in total. The third-order valence-electron chi connectivity index (χ3n) is 3.17. The van der Waals surface area contributed by atoms with Crippen molar-refractivity contribution < 1.29 is 9.90 Å². The summed E-state index contributed by atoms with van der Waals surface area (Å²) in [7, 11) is 1.68. The van der Waals surface area contributed by atoms with Gasteiger partial charge < -0.3 is 15.7 Å². The van der Waals surface area contributed by atoms with E-state index in [0.29, 0.717) is 0 Å². The zero-order valence-corrected chi connectivity index (χ0v) is 10.4. The number of likely N-dealkylation sites (N-methyl/N-ethyl adjacent to an activating group) is 1. The molecule has 4 heteroatoms. The fourth-order valence-electron chi connectivity index (χ4n) is 1.13. The van der Waals surface area contributed by atoms with Gasteiger partial charge in [-0.2, -0.15) is 0 Å². The molecule has 15 heavy (non-hydrogen) atoms. The lowest BCUT2D eigenvalue weighted by Crippen LogP contribution is -2.54. The Morgan fingerprint density at radius 1 is 1.53 bits per heavy atom. The van der Waals surface area contributed by atoms with E-state index < -0.39 is 11.6 Å². The summed E-state index contributed by atoms with van der Waals surface area (Å²) in [6, 6.07) is -0.481. The van der Waals surface area contributed by atoms with E-state index in [2.05, 4.69) is 0 Å². The van der Waals surface area contributed by atoms with Crippen molar-refractivity contribution in [2.45, 2.75) is 45.7 Å². The standard InChI is InChI=1S/C11H24N2O2/c1-6-8(2)9(12)10(15)13(5)11(3,4)7-14/h8-9,14H,6-7,12H2,1-5H3/t8?,9-/m0/s1. The van der Waals surface area contributed by atoms with Gasteiger partial charge in [0.2, 0.25) is 5.91 Å². The lowest BCUT2D eigenvalue weighted by molar-refractivity contribution is -0.138. The summed E-state index contributed by atoms with van der Waals surface area (Å²) in [6.07, 6.45) is 0.875. The second-order valence-electron chi connectivity index (χ2n) is 4.78. The predicted octanol–water partition coefficient (Wildman–Crippen LogP) is 0.589. The molecular formula is C11H24N2O2. The van der Waals surface area contributed by atoms with E-state index in [9.17, 15) is 4.79 Å². The van der Waals surface area contributed by atoms with Crippen LogP contribution in [-0.2, 0) is 4.79 Å². The first kappa shape index (κ1) is 14.4. The molecule has 0 fully saturated rings. The van der Waals surface area contributed by atoms with E-state index in [-0.39, 0.29) is 18.4 Å². The highest BCUT2D eigenvalue weighted by Gasteiger charge is 2.31. The van der Waals surface area contributed by atoms with E-state index in [1.807, 2.05) is 27.7 Å². The monoisotopic (exact) mass is 216 g/mol. The van der Waals surface area contributed by atoms with Crippen molar-refractivity contribution in [3.05, 3.63) is 0 Å². The van der Waals surface area contributed by atoms with Crippen molar-refractivity contribution in [3.8, 4) is 0 Å². The minimum Gasteiger partial charge on any atom is -0.394 e. The molecule has 0 aliphatic rings. The molecule has 0 spiro atoms. The van der Waals surface area contributed by atoms with E-state index >= 15 is 0 Å². The maximum absolute atomic E-state index is 11.9. The summed E-state index contributed by atoms with van der Waals surface area (Å²) in [4.78, 5) is 13.5. The van der Waals surface area contributed by atoms with Gasteiger partial charge in [0.25, 0.3) is 0 Å². The second kappa shape index (κ2) is 5.47. The fraction of sp³-hybridized carbons (Fsp3) is 0.909. The zero-order chi connectivity index (χ0) is 12.2. The molecule has 0 bridgehead atoms. The van der Waals surface area contributed by atoms with Crippen LogP contribution in [-0.4, -0.2) is 41.1 Å². The normalized spacial score (nSPS) is 15.9. The van der Waals surface area contributed by atoms with Crippen LogP contribution in [0.5, 0.6) is 0 Å². The number of carbonyl (C=O) groups is 1. The molecule has 1 unspecified atom stereocenters. The molecule has 0 aromatic carbocycles. The Morgan fingerprint density at radius 2 is 2.00 bits per heavy atom. The van der Waals surface area contributed by atoms with Gasteiger partial charge in [-0.15, -0.1) is 0 Å². The Morgan fingerprint density at radius 3 is 2.33 bits per heavy atom. The first-order valence-electron chi connectivity index (χ1n) is 5.42. The van der Waals surface area contributed by atoms with Gasteiger partial charge in [0.1, 0.15) is 0 Å². The second-order valence-corrected chi connectivity index (χ2v) is 4.78. The Bertz CT molecular complexity index is 217. The van der Waals surface area contributed by atoms with Crippen LogP contribution < -0.4 is 5.73 Å². The van der Waals surface area contributed by atoms with Crippen molar-refractivity contribution >= 4 is 5.91 Å². The highest BCUT2D eigenvalue weighted by Crippen LogP contribution is 2.15. The Labute approximate surface area is 92.4 Å². The van der Waals surface area contributed by atoms with E-state index in [1.165, 1.54) is 4.90 Å². The molecule has 2 atom stereocenters. The molecule has 0 radical (unpaired) electrons. The highest BCUT2D eigenvalue weighted by atomic mass is 16.3. The zero-order valence-electron chi connectivity index (χ0n) is 10.4. The number of carbonyl (C=O) groups excluding carboxylic acids is 1. The highest BCUT2D eigenvalue weighted by molar-refractivity contribution is 5.82. The summed E-state index contributed by atoms with van der Waals surface area (Å²) in [5, 5.41) is 9.16. The van der Waals surface area contributed by atoms with Gasteiger partial charge in [-0.25, -0.2) is 0 Å². The summed E-state index contributed by atoms with van der Waals surface area (Å²) in [5.41, 5.74) is 5.30. The number of aliphatic hydroxyl groups excluding tert-OH is 1. The number of rotatable bonds is 5. The lowest BCUT2D eigenvalue weighted by atomic mass is 9.96. The van der Waals surface area contributed by atoms with Crippen molar-refractivity contribution in [2.75, 3.05) is 13.7 Å². The Balaban J connectivity index is 4.58. The molecule has 0 saturated heterocycles. The Kier molecular flexibility index (Phi) is 5.24. The molecule has 0 aromatic rings. The summed E-state index contributed by atoms with van der Waals surface area (Å²) < 4.78 is 0. The maximum atomic E-state index is 11.9. The van der Waals surface area contributed by atoms with Crippen molar-refractivity contribution in [3.63, 3.8) is 0 Å². The number of nitrogens with zero attached hydrogens (tertiary/aromatic N) is 1. The minimum atomic E-state index is -0.553. The number of amides is 1. The van der Waals surface area contributed by atoms with Crippen LogP contribution in [0.1, 0.15) is 34.1 Å². The van der Waals surface area contributed by atoms with E-state index in [1.54, 1.807) is 7.05 Å². The quantitative estimate of drug-likeness (QED) is 0.707. The van der Waals surface area contributed by atoms with Gasteiger partial charge in [0.15, 0.2) is 0 Å². The van der Waals surface area contributed by atoms with Crippen LogP contribution in [0.15, 0.2) is 0 Å². The average Bonchev–Trinajstić information content (AvgIpc) is 2.24. The molecule has 1 amide bonds. The summed E-state index contributed by atoms with van der Waals surface area (Å²) in [5.74, 6) is 0.0536. The smallest absolute Gasteiger partial charge is 0.240 e. The van der Waals surface area contributed by atoms with Crippen LogP contribution in [0.3, 0.4) is 0 Å². The molecule has 0 rings (SSSR count). The van der Waals surface area contributed by atoms with E-state index in [4.69, 9.17) is 10.8 Å². The van der Waals surface area contributed by atoms with Crippen LogP contribution >= 0.6 is 0 Å². The van der Waals surface area contributed by atoms with Gasteiger partial charge in [-0.05, 0) is 19.8 Å². The number of aliphatic hydroxyl groups is 1. The molecule has 0 saturated carbocycles. The molecule has 4 nitrogen and oxygen atoms in total. The molecular weight excluding hydrogens is 192 g/mol. The van der Waals surface area contributed by atoms with Gasteiger partial charge >= 0.3 is 0 Å². The third-order valence-corrected chi connectivity index (χ3v) is 3.17. The summed E-state index contributed by atoms with van der Waals surface area (Å²) >= 11 is 0. The van der Waals surface area contributed by atoms with E-state index in [0.717, 1.165) is 6.42 Å². The SMILES string of the molecule is CCC(C)[C@H](N)C(=O)N(C)C(C)(C)CO. The van der Waals surface area contributed by atoms with Crippen molar-refractivity contribution in [2.24, 2.45) is 11.7 Å². The maximum Gasteiger partial charge on any atom is 0.240 e. The third kappa shape index (κ3) is 3.47. The number of nitrogens with two attached hydrogens (primary N) is 1. The molecule has 0 heterocycles. The lowest BCUT2D eigenvalue weighted by Gasteiger charge is -2.36. The van der Waals surface area contributed by atoms with Gasteiger partial charge in [-0.3, -0.25) is 4.79 Å². The van der Waals surface area contributed by atoms with Crippen molar-refractivity contribution in [1.82, 2.24) is 4.90 Å². The Hall–Kier alpha value is -0.610.